The van der Waals surface area contributed by atoms with Gasteiger partial charge in [0, 0.05) is 14.2 Å². The van der Waals surface area contributed by atoms with Crippen molar-refractivity contribution in [3.63, 3.8) is 0 Å². The van der Waals surface area contributed by atoms with Gasteiger partial charge >= 0.3 is 7.82 Å². The van der Waals surface area contributed by atoms with Crippen LogP contribution in [-0.4, -0.2) is 32.8 Å². The fourth-order valence-corrected chi connectivity index (χ4v) is 2.21. The SMILES string of the molecule is COP(=O)(OC)O[C@@H](CCl)COc1ccccc1. The Labute approximate surface area is 112 Å². The van der Waals surface area contributed by atoms with Crippen molar-refractivity contribution in [2.24, 2.45) is 0 Å². The summed E-state index contributed by atoms with van der Waals surface area (Å²) < 4.78 is 31.7. The Morgan fingerprint density at radius 2 is 1.83 bits per heavy atom. The quantitative estimate of drug-likeness (QED) is 0.545. The molecule has 7 heteroatoms. The lowest BCUT2D eigenvalue weighted by atomic mass is 10.3. The van der Waals surface area contributed by atoms with Crippen molar-refractivity contribution in [2.45, 2.75) is 6.10 Å². The van der Waals surface area contributed by atoms with Gasteiger partial charge in [-0.25, -0.2) is 4.57 Å². The summed E-state index contributed by atoms with van der Waals surface area (Å²) in [5.74, 6) is 0.796. The van der Waals surface area contributed by atoms with Crippen LogP contribution in [-0.2, 0) is 18.1 Å². The second-order valence-corrected chi connectivity index (χ2v) is 5.46. The number of phosphoric acid groups is 1. The zero-order valence-electron chi connectivity index (χ0n) is 10.2. The number of ether oxygens (including phenoxy) is 1. The zero-order valence-corrected chi connectivity index (χ0v) is 11.9. The maximum absolute atomic E-state index is 11.8. The summed E-state index contributed by atoms with van der Waals surface area (Å²) in [7, 11) is -1.05. The minimum absolute atomic E-state index is 0.115. The van der Waals surface area contributed by atoms with Crippen molar-refractivity contribution in [1.82, 2.24) is 0 Å². The first-order valence-electron chi connectivity index (χ1n) is 5.27. The first-order chi connectivity index (χ1) is 8.63. The standard InChI is InChI=1S/C11H16ClO5P/c1-14-18(13,15-2)17-11(8-12)9-16-10-6-4-3-5-7-10/h3-7,11H,8-9H2,1-2H3/t11-/m0/s1. The summed E-state index contributed by atoms with van der Waals surface area (Å²) in [5, 5.41) is 0. The van der Waals surface area contributed by atoms with Crippen molar-refractivity contribution >= 4 is 19.4 Å². The lowest BCUT2D eigenvalue weighted by Crippen LogP contribution is -2.23. The van der Waals surface area contributed by atoms with Gasteiger partial charge in [0.05, 0.1) is 5.88 Å². The van der Waals surface area contributed by atoms with Crippen LogP contribution in [0, 0.1) is 0 Å². The van der Waals surface area contributed by atoms with Gasteiger partial charge in [0.2, 0.25) is 0 Å². The number of para-hydroxylation sites is 1. The molecule has 0 unspecified atom stereocenters. The molecule has 0 heterocycles. The molecule has 102 valence electrons. The normalized spacial score (nSPS) is 13.3. The number of hydrogen-bond donors (Lipinski definition) is 0. The highest BCUT2D eigenvalue weighted by Crippen LogP contribution is 2.48. The van der Waals surface area contributed by atoms with Crippen LogP contribution in [0.3, 0.4) is 0 Å². The molecule has 1 rings (SSSR count). The van der Waals surface area contributed by atoms with Gasteiger partial charge in [-0.2, -0.15) is 0 Å². The Morgan fingerprint density at radius 1 is 1.22 bits per heavy atom. The summed E-state index contributed by atoms with van der Waals surface area (Å²) in [6, 6.07) is 9.18. The molecule has 5 nitrogen and oxygen atoms in total. The Morgan fingerprint density at radius 3 is 2.33 bits per heavy atom. The van der Waals surface area contributed by atoms with Gasteiger partial charge in [-0.1, -0.05) is 18.2 Å². The largest absolute Gasteiger partial charge is 0.491 e. The van der Waals surface area contributed by atoms with E-state index in [9.17, 15) is 4.57 Å². The maximum atomic E-state index is 11.8. The number of hydrogen-bond acceptors (Lipinski definition) is 5. The van der Waals surface area contributed by atoms with E-state index in [2.05, 4.69) is 9.05 Å². The molecule has 0 amide bonds. The van der Waals surface area contributed by atoms with E-state index in [1.54, 1.807) is 12.1 Å². The van der Waals surface area contributed by atoms with Crippen LogP contribution in [0.15, 0.2) is 30.3 Å². The molecule has 0 spiro atoms. The molecule has 0 saturated carbocycles. The van der Waals surface area contributed by atoms with Gasteiger partial charge in [0.15, 0.2) is 0 Å². The van der Waals surface area contributed by atoms with Gasteiger partial charge in [-0.05, 0) is 12.1 Å². The summed E-state index contributed by atoms with van der Waals surface area (Å²) in [6.07, 6.45) is -0.586. The Bertz CT molecular complexity index is 378. The highest BCUT2D eigenvalue weighted by Gasteiger charge is 2.28. The van der Waals surface area contributed by atoms with Gasteiger partial charge in [0.1, 0.15) is 18.5 Å². The maximum Gasteiger partial charge on any atom is 0.474 e. The molecule has 0 aliphatic rings. The molecule has 0 aliphatic carbocycles. The predicted molar refractivity (Wildman–Crippen MR) is 69.2 cm³/mol. The molecule has 0 radical (unpaired) electrons. The number of phosphoric ester groups is 1. The van der Waals surface area contributed by atoms with E-state index in [-0.39, 0.29) is 12.5 Å². The lowest BCUT2D eigenvalue weighted by molar-refractivity contribution is 0.0840. The van der Waals surface area contributed by atoms with Gasteiger partial charge in [-0.15, -0.1) is 11.6 Å². The molecule has 1 atom stereocenters. The number of benzene rings is 1. The van der Waals surface area contributed by atoms with Crippen molar-refractivity contribution < 1.29 is 22.9 Å². The summed E-state index contributed by atoms with van der Waals surface area (Å²) >= 11 is 5.72. The third-order valence-corrected chi connectivity index (χ3v) is 3.87. The average molecular weight is 295 g/mol. The van der Waals surface area contributed by atoms with Crippen LogP contribution in [0.25, 0.3) is 0 Å². The van der Waals surface area contributed by atoms with Crippen molar-refractivity contribution in [3.05, 3.63) is 30.3 Å². The van der Waals surface area contributed by atoms with E-state index >= 15 is 0 Å². The minimum atomic E-state index is -3.54. The molecule has 0 aliphatic heterocycles. The van der Waals surface area contributed by atoms with Gasteiger partial charge in [-0.3, -0.25) is 13.6 Å². The predicted octanol–water partition coefficient (Wildman–Crippen LogP) is 3.09. The molecule has 0 saturated heterocycles. The van der Waals surface area contributed by atoms with Gasteiger partial charge < -0.3 is 4.74 Å². The fourth-order valence-electron chi connectivity index (χ4n) is 1.15. The smallest absolute Gasteiger partial charge is 0.474 e. The molecule has 1 aromatic rings. The Kier molecular flexibility index (Phi) is 6.68. The Hall–Kier alpha value is -0.580. The third-order valence-electron chi connectivity index (χ3n) is 2.08. The minimum Gasteiger partial charge on any atom is -0.491 e. The van der Waals surface area contributed by atoms with Gasteiger partial charge in [0.25, 0.3) is 0 Å². The molecule has 0 bridgehead atoms. The molecule has 18 heavy (non-hydrogen) atoms. The molecular formula is C11H16ClO5P. The summed E-state index contributed by atoms with van der Waals surface area (Å²) in [5.41, 5.74) is 0. The van der Waals surface area contributed by atoms with E-state index in [4.69, 9.17) is 20.9 Å². The fraction of sp³-hybridized carbons (Fsp3) is 0.455. The Balaban J connectivity index is 2.50. The van der Waals surface area contributed by atoms with E-state index in [1.165, 1.54) is 14.2 Å². The molecular weight excluding hydrogens is 279 g/mol. The monoisotopic (exact) mass is 294 g/mol. The second-order valence-electron chi connectivity index (χ2n) is 3.32. The van der Waals surface area contributed by atoms with Crippen molar-refractivity contribution in [1.29, 1.82) is 0 Å². The van der Waals surface area contributed by atoms with Crippen LogP contribution < -0.4 is 4.74 Å². The molecule has 0 aromatic heterocycles. The first-order valence-corrected chi connectivity index (χ1v) is 7.26. The van der Waals surface area contributed by atoms with Crippen LogP contribution in [0.1, 0.15) is 0 Å². The first kappa shape index (κ1) is 15.5. The number of halogens is 1. The van der Waals surface area contributed by atoms with Crippen LogP contribution in [0.4, 0.5) is 0 Å². The lowest BCUT2D eigenvalue weighted by Gasteiger charge is -2.20. The number of rotatable bonds is 8. The highest BCUT2D eigenvalue weighted by molar-refractivity contribution is 7.48. The topological polar surface area (TPSA) is 54.0 Å². The number of alkyl halides is 1. The van der Waals surface area contributed by atoms with Crippen LogP contribution in [0.2, 0.25) is 0 Å². The molecule has 0 N–H and O–H groups in total. The van der Waals surface area contributed by atoms with Crippen molar-refractivity contribution in [2.75, 3.05) is 26.7 Å². The van der Waals surface area contributed by atoms with Crippen LogP contribution >= 0.6 is 19.4 Å². The third kappa shape index (κ3) is 4.96. The summed E-state index contributed by atoms with van der Waals surface area (Å²) in [6.45, 7) is 0.157. The molecule has 1 aromatic carbocycles. The van der Waals surface area contributed by atoms with E-state index in [0.717, 1.165) is 0 Å². The second kappa shape index (κ2) is 7.77. The summed E-state index contributed by atoms with van der Waals surface area (Å²) in [4.78, 5) is 0. The van der Waals surface area contributed by atoms with Crippen molar-refractivity contribution in [3.8, 4) is 5.75 Å². The average Bonchev–Trinajstić information content (AvgIpc) is 2.44. The molecule has 0 fully saturated rings. The highest BCUT2D eigenvalue weighted by atomic mass is 35.5. The van der Waals surface area contributed by atoms with E-state index in [0.29, 0.717) is 5.75 Å². The van der Waals surface area contributed by atoms with Crippen LogP contribution in [0.5, 0.6) is 5.75 Å². The van der Waals surface area contributed by atoms with E-state index < -0.39 is 13.9 Å². The van der Waals surface area contributed by atoms with E-state index in [1.807, 2.05) is 18.2 Å². The zero-order chi connectivity index (χ0) is 13.4.